The predicted molar refractivity (Wildman–Crippen MR) is 56.1 cm³/mol. The largest absolute Gasteiger partial charge is 0.386 e. The highest BCUT2D eigenvalue weighted by Gasteiger charge is 2.18. The lowest BCUT2D eigenvalue weighted by molar-refractivity contribution is 0.142. The average Bonchev–Trinajstić information content (AvgIpc) is 2.76. The maximum Gasteiger partial charge on any atom is 0.252 e. The van der Waals surface area contributed by atoms with Gasteiger partial charge in [-0.3, -0.25) is 0 Å². The van der Waals surface area contributed by atoms with Gasteiger partial charge < -0.3 is 5.11 Å². The van der Waals surface area contributed by atoms with Gasteiger partial charge in [-0.05, 0) is 12.1 Å². The highest BCUT2D eigenvalue weighted by molar-refractivity contribution is 5.21. The van der Waals surface area contributed by atoms with Crippen LogP contribution in [0.25, 0.3) is 0 Å². The smallest absolute Gasteiger partial charge is 0.252 e. The molecule has 0 saturated carbocycles. The second-order valence-corrected chi connectivity index (χ2v) is 3.55. The third-order valence-electron chi connectivity index (χ3n) is 2.33. The molecule has 1 aromatic heterocycles. The van der Waals surface area contributed by atoms with Crippen LogP contribution in [0.5, 0.6) is 0 Å². The number of aliphatic hydroxyl groups excluding tert-OH is 1. The van der Waals surface area contributed by atoms with Crippen molar-refractivity contribution in [3.05, 3.63) is 47.5 Å². The number of aliphatic hydroxyl groups is 1. The molecule has 2 aromatic rings. The molecule has 0 aliphatic rings. The first-order valence-corrected chi connectivity index (χ1v) is 5.03. The Bertz CT molecular complexity index is 585. The van der Waals surface area contributed by atoms with Gasteiger partial charge in [0.25, 0.3) is 5.82 Å². The van der Waals surface area contributed by atoms with Crippen LogP contribution in [-0.2, 0) is 6.54 Å². The summed E-state index contributed by atoms with van der Waals surface area (Å²) in [5.74, 6) is -1.73. The summed E-state index contributed by atoms with van der Waals surface area (Å²) in [6.45, 7) is -0.188. The predicted octanol–water partition coefficient (Wildman–Crippen LogP) is 1.16. The normalized spacial score (nSPS) is 12.1. The first-order chi connectivity index (χ1) is 8.61. The van der Waals surface area contributed by atoms with E-state index in [2.05, 4.69) is 10.1 Å². The van der Waals surface area contributed by atoms with Gasteiger partial charge in [-0.25, -0.2) is 18.4 Å². The van der Waals surface area contributed by atoms with Gasteiger partial charge in [-0.15, -0.1) is 5.10 Å². The van der Waals surface area contributed by atoms with E-state index in [1.807, 2.05) is 0 Å². The van der Waals surface area contributed by atoms with Crippen LogP contribution in [0.2, 0.25) is 0 Å². The summed E-state index contributed by atoms with van der Waals surface area (Å²) in [7, 11) is 0. The second kappa shape index (κ2) is 4.89. The van der Waals surface area contributed by atoms with E-state index in [9.17, 15) is 13.9 Å². The summed E-state index contributed by atoms with van der Waals surface area (Å²) in [5.41, 5.74) is -0.425. The number of nitrogens with zero attached hydrogens (tertiary/aromatic N) is 4. The highest BCUT2D eigenvalue weighted by atomic mass is 19.1. The third kappa shape index (κ3) is 2.33. The van der Waals surface area contributed by atoms with Crippen LogP contribution >= 0.6 is 0 Å². The third-order valence-corrected chi connectivity index (χ3v) is 2.33. The molecule has 0 bridgehead atoms. The van der Waals surface area contributed by atoms with E-state index >= 15 is 0 Å². The summed E-state index contributed by atoms with van der Waals surface area (Å²) in [4.78, 5) is 3.62. The van der Waals surface area contributed by atoms with Gasteiger partial charge in [0.1, 0.15) is 30.1 Å². The van der Waals surface area contributed by atoms with E-state index in [1.54, 1.807) is 6.07 Å². The Balaban J connectivity index is 2.22. The molecule has 1 aromatic carbocycles. The molecule has 0 amide bonds. The van der Waals surface area contributed by atoms with Gasteiger partial charge in [0.05, 0.1) is 12.1 Å². The van der Waals surface area contributed by atoms with Crippen LogP contribution in [0, 0.1) is 23.0 Å². The van der Waals surface area contributed by atoms with E-state index in [0.717, 1.165) is 16.8 Å². The monoisotopic (exact) mass is 250 g/mol. The molecule has 5 nitrogen and oxygen atoms in total. The number of rotatable bonds is 3. The van der Waals surface area contributed by atoms with Gasteiger partial charge in [-0.1, -0.05) is 6.07 Å². The van der Waals surface area contributed by atoms with Crippen LogP contribution in [0.3, 0.4) is 0 Å². The van der Waals surface area contributed by atoms with Gasteiger partial charge in [0.15, 0.2) is 0 Å². The number of hydrogen-bond acceptors (Lipinski definition) is 4. The minimum absolute atomic E-state index is 0.0730. The minimum atomic E-state index is -1.40. The fourth-order valence-corrected chi connectivity index (χ4v) is 1.53. The summed E-state index contributed by atoms with van der Waals surface area (Å²) >= 11 is 0. The molecule has 92 valence electrons. The van der Waals surface area contributed by atoms with Crippen molar-refractivity contribution < 1.29 is 13.9 Å². The Hall–Kier alpha value is -2.33. The molecule has 1 atom stereocenters. The quantitative estimate of drug-likeness (QED) is 0.887. The molecule has 0 fully saturated rings. The number of nitriles is 1. The number of hydrogen-bond donors (Lipinski definition) is 1. The summed E-state index contributed by atoms with van der Waals surface area (Å²) in [6.07, 6.45) is -0.194. The summed E-state index contributed by atoms with van der Waals surface area (Å²) in [5, 5.41) is 22.0. The number of benzene rings is 1. The lowest BCUT2D eigenvalue weighted by atomic mass is 10.1. The minimum Gasteiger partial charge on any atom is -0.386 e. The Kier molecular flexibility index (Phi) is 3.30. The van der Waals surface area contributed by atoms with Crippen LogP contribution < -0.4 is 0 Å². The summed E-state index contributed by atoms with van der Waals surface area (Å²) in [6, 6.07) is 5.04. The van der Waals surface area contributed by atoms with E-state index in [1.165, 1.54) is 12.4 Å². The molecule has 0 spiro atoms. The van der Waals surface area contributed by atoms with Gasteiger partial charge in [0.2, 0.25) is 0 Å². The zero-order chi connectivity index (χ0) is 13.1. The molecule has 0 saturated heterocycles. The zero-order valence-electron chi connectivity index (χ0n) is 9.09. The maximum atomic E-state index is 13.4. The van der Waals surface area contributed by atoms with Crippen LogP contribution in [0.4, 0.5) is 8.78 Å². The van der Waals surface area contributed by atoms with Crippen molar-refractivity contribution in [1.82, 2.24) is 14.8 Å². The maximum absolute atomic E-state index is 13.4. The highest BCUT2D eigenvalue weighted by Crippen LogP contribution is 2.21. The number of aromatic nitrogens is 3. The average molecular weight is 250 g/mol. The molecule has 0 aliphatic carbocycles. The van der Waals surface area contributed by atoms with E-state index < -0.39 is 23.3 Å². The van der Waals surface area contributed by atoms with Crippen LogP contribution in [0.1, 0.15) is 17.5 Å². The fourth-order valence-electron chi connectivity index (χ4n) is 1.53. The van der Waals surface area contributed by atoms with Gasteiger partial charge in [-0.2, -0.15) is 5.26 Å². The molecule has 0 radical (unpaired) electrons. The molecule has 18 heavy (non-hydrogen) atoms. The lowest BCUT2D eigenvalue weighted by Crippen LogP contribution is -2.12. The molecule has 1 N–H and O–H groups in total. The standard InChI is InChI=1S/C11H8F2N4O/c12-7-2-1-3-8(13)11(7)9(18)5-17-6-15-10(4-14)16-17/h1-3,6,9,18H,5H2. The molecule has 0 aliphatic heterocycles. The molecular weight excluding hydrogens is 242 g/mol. The Morgan fingerprint density at radius 1 is 1.39 bits per heavy atom. The summed E-state index contributed by atoms with van der Waals surface area (Å²) < 4.78 is 27.9. The number of halogens is 2. The van der Waals surface area contributed by atoms with Crippen molar-refractivity contribution in [2.45, 2.75) is 12.6 Å². The van der Waals surface area contributed by atoms with Crippen molar-refractivity contribution >= 4 is 0 Å². The lowest BCUT2D eigenvalue weighted by Gasteiger charge is -2.12. The fraction of sp³-hybridized carbons (Fsp3) is 0.182. The van der Waals surface area contributed by atoms with Crippen molar-refractivity contribution in [2.75, 3.05) is 0 Å². The van der Waals surface area contributed by atoms with Crippen molar-refractivity contribution in [1.29, 1.82) is 5.26 Å². The van der Waals surface area contributed by atoms with Crippen LogP contribution in [0.15, 0.2) is 24.5 Å². The molecule has 1 unspecified atom stereocenters. The zero-order valence-corrected chi connectivity index (χ0v) is 9.09. The van der Waals surface area contributed by atoms with Crippen molar-refractivity contribution in [3.8, 4) is 6.07 Å². The molecular formula is C11H8F2N4O. The second-order valence-electron chi connectivity index (χ2n) is 3.55. The van der Waals surface area contributed by atoms with E-state index in [-0.39, 0.29) is 12.4 Å². The van der Waals surface area contributed by atoms with Crippen molar-refractivity contribution in [3.63, 3.8) is 0 Å². The SMILES string of the molecule is N#Cc1ncn(CC(O)c2c(F)cccc2F)n1. The topological polar surface area (TPSA) is 74.7 Å². The van der Waals surface area contributed by atoms with Crippen molar-refractivity contribution in [2.24, 2.45) is 0 Å². The Morgan fingerprint density at radius 3 is 2.61 bits per heavy atom. The molecule has 1 heterocycles. The van der Waals surface area contributed by atoms with Gasteiger partial charge in [0, 0.05) is 0 Å². The Labute approximate surface area is 101 Å². The first-order valence-electron chi connectivity index (χ1n) is 5.03. The Morgan fingerprint density at radius 2 is 2.06 bits per heavy atom. The molecule has 7 heteroatoms. The first kappa shape index (κ1) is 12.1. The van der Waals surface area contributed by atoms with Gasteiger partial charge >= 0.3 is 0 Å². The van der Waals surface area contributed by atoms with E-state index in [4.69, 9.17) is 5.26 Å². The van der Waals surface area contributed by atoms with E-state index in [0.29, 0.717) is 0 Å². The molecule has 2 rings (SSSR count). The van der Waals surface area contributed by atoms with Crippen LogP contribution in [-0.4, -0.2) is 19.9 Å².